The molecule has 0 bridgehead atoms. The first kappa shape index (κ1) is 17.1. The van der Waals surface area contributed by atoms with Gasteiger partial charge in [0.1, 0.15) is 0 Å². The molecule has 0 fully saturated rings. The smallest absolute Gasteiger partial charge is 0.233 e. The van der Waals surface area contributed by atoms with Crippen molar-refractivity contribution in [1.29, 1.82) is 0 Å². The highest BCUT2D eigenvalue weighted by Crippen LogP contribution is 2.28. The number of hydrogen-bond donors (Lipinski definition) is 1. The molecule has 0 atom stereocenters. The minimum Gasteiger partial charge on any atom is -0.461 e. The van der Waals surface area contributed by atoms with E-state index in [1.807, 2.05) is 40.8 Å². The van der Waals surface area contributed by atoms with E-state index in [0.29, 0.717) is 29.0 Å². The maximum Gasteiger partial charge on any atom is 0.233 e. The molecule has 1 aromatic carbocycles. The van der Waals surface area contributed by atoms with Gasteiger partial charge < -0.3 is 18.9 Å². The SMILES string of the molecule is Cn1c(SCC(=O)N2CCc3[nH]c4ccccc4c3C2)nnc1-c1ccco1. The van der Waals surface area contributed by atoms with Crippen LogP contribution in [0.15, 0.2) is 52.2 Å². The summed E-state index contributed by atoms with van der Waals surface area (Å²) in [4.78, 5) is 18.2. The lowest BCUT2D eigenvalue weighted by atomic mass is 10.0. The summed E-state index contributed by atoms with van der Waals surface area (Å²) in [5.74, 6) is 1.77. The number of aromatic nitrogens is 4. The van der Waals surface area contributed by atoms with Crippen LogP contribution in [-0.2, 0) is 24.8 Å². The third kappa shape index (κ3) is 2.90. The van der Waals surface area contributed by atoms with Crippen molar-refractivity contribution in [3.05, 3.63) is 53.9 Å². The highest BCUT2D eigenvalue weighted by atomic mass is 32.2. The van der Waals surface area contributed by atoms with Crippen LogP contribution in [0.3, 0.4) is 0 Å². The number of carbonyl (C=O) groups is 1. The van der Waals surface area contributed by atoms with Crippen LogP contribution >= 0.6 is 11.8 Å². The largest absolute Gasteiger partial charge is 0.461 e. The Morgan fingerprint density at radius 1 is 1.25 bits per heavy atom. The summed E-state index contributed by atoms with van der Waals surface area (Å²) < 4.78 is 7.24. The summed E-state index contributed by atoms with van der Waals surface area (Å²) in [7, 11) is 1.88. The van der Waals surface area contributed by atoms with Crippen molar-refractivity contribution in [2.45, 2.75) is 18.1 Å². The van der Waals surface area contributed by atoms with Crippen molar-refractivity contribution in [1.82, 2.24) is 24.6 Å². The number of furan rings is 1. The molecule has 5 rings (SSSR count). The number of thioether (sulfide) groups is 1. The zero-order valence-electron chi connectivity index (χ0n) is 15.4. The maximum absolute atomic E-state index is 12.8. The summed E-state index contributed by atoms with van der Waals surface area (Å²) in [6.45, 7) is 1.38. The highest BCUT2D eigenvalue weighted by molar-refractivity contribution is 7.99. The third-order valence-electron chi connectivity index (χ3n) is 5.14. The number of benzene rings is 1. The molecule has 7 nitrogen and oxygen atoms in total. The topological polar surface area (TPSA) is 80.0 Å². The van der Waals surface area contributed by atoms with Gasteiger partial charge in [0.25, 0.3) is 0 Å². The fraction of sp³-hybridized carbons (Fsp3) is 0.250. The third-order valence-corrected chi connectivity index (χ3v) is 6.14. The summed E-state index contributed by atoms with van der Waals surface area (Å²) in [5, 5.41) is 10.3. The van der Waals surface area contributed by atoms with Gasteiger partial charge in [-0.05, 0) is 18.2 Å². The second-order valence-corrected chi connectivity index (χ2v) is 7.77. The highest BCUT2D eigenvalue weighted by Gasteiger charge is 2.24. The van der Waals surface area contributed by atoms with Crippen molar-refractivity contribution in [2.75, 3.05) is 12.3 Å². The molecule has 0 radical (unpaired) electrons. The number of amides is 1. The summed E-state index contributed by atoms with van der Waals surface area (Å²) in [6.07, 6.45) is 2.46. The van der Waals surface area contributed by atoms with E-state index in [-0.39, 0.29) is 5.91 Å². The van der Waals surface area contributed by atoms with Crippen molar-refractivity contribution in [3.63, 3.8) is 0 Å². The molecule has 4 heterocycles. The fourth-order valence-electron chi connectivity index (χ4n) is 3.66. The van der Waals surface area contributed by atoms with Crippen LogP contribution in [0.4, 0.5) is 0 Å². The minimum atomic E-state index is 0.114. The first-order valence-electron chi connectivity index (χ1n) is 9.13. The van der Waals surface area contributed by atoms with Crippen LogP contribution in [0.25, 0.3) is 22.5 Å². The molecule has 1 amide bonds. The molecule has 0 saturated carbocycles. The molecular formula is C20H19N5O2S. The van der Waals surface area contributed by atoms with E-state index < -0.39 is 0 Å². The lowest BCUT2D eigenvalue weighted by Gasteiger charge is -2.27. The lowest BCUT2D eigenvalue weighted by Crippen LogP contribution is -2.36. The van der Waals surface area contributed by atoms with Crippen LogP contribution in [-0.4, -0.2) is 42.9 Å². The quantitative estimate of drug-likeness (QED) is 0.539. The van der Waals surface area contributed by atoms with E-state index in [0.717, 1.165) is 18.5 Å². The van der Waals surface area contributed by atoms with Gasteiger partial charge in [0.15, 0.2) is 16.7 Å². The molecular weight excluding hydrogens is 374 g/mol. The number of aromatic amines is 1. The molecule has 1 aliphatic rings. The van der Waals surface area contributed by atoms with Crippen molar-refractivity contribution >= 4 is 28.6 Å². The normalized spacial score (nSPS) is 13.8. The Labute approximate surface area is 165 Å². The van der Waals surface area contributed by atoms with E-state index in [1.165, 1.54) is 28.4 Å². The van der Waals surface area contributed by atoms with E-state index in [1.54, 1.807) is 6.26 Å². The zero-order chi connectivity index (χ0) is 19.1. The monoisotopic (exact) mass is 393 g/mol. The van der Waals surface area contributed by atoms with E-state index in [9.17, 15) is 4.79 Å². The van der Waals surface area contributed by atoms with Gasteiger partial charge in [-0.1, -0.05) is 30.0 Å². The molecule has 0 spiro atoms. The number of nitrogens with one attached hydrogen (secondary N) is 1. The van der Waals surface area contributed by atoms with E-state index in [4.69, 9.17) is 4.42 Å². The van der Waals surface area contributed by atoms with Crippen LogP contribution in [0.5, 0.6) is 0 Å². The predicted octanol–water partition coefficient (Wildman–Crippen LogP) is 3.23. The Bertz CT molecular complexity index is 1140. The standard InChI is InChI=1S/C20H19N5O2S/c1-24-19(17-7-4-10-27-17)22-23-20(24)28-12-18(26)25-9-8-16-14(11-25)13-5-2-3-6-15(13)21-16/h2-7,10,21H,8-9,11-12H2,1H3. The molecule has 0 saturated heterocycles. The average molecular weight is 393 g/mol. The van der Waals surface area contributed by atoms with Gasteiger partial charge in [0.05, 0.1) is 12.0 Å². The first-order chi connectivity index (χ1) is 13.7. The summed E-state index contributed by atoms with van der Waals surface area (Å²) in [5.41, 5.74) is 3.62. The van der Waals surface area contributed by atoms with Gasteiger partial charge in [0.2, 0.25) is 5.91 Å². The second kappa shape index (κ2) is 6.87. The Hall–Kier alpha value is -3.00. The molecule has 1 N–H and O–H groups in total. The number of carbonyl (C=O) groups excluding carboxylic acids is 1. The van der Waals surface area contributed by atoms with Crippen LogP contribution < -0.4 is 0 Å². The lowest BCUT2D eigenvalue weighted by molar-refractivity contribution is -0.129. The van der Waals surface area contributed by atoms with Crippen molar-refractivity contribution < 1.29 is 9.21 Å². The number of rotatable bonds is 4. The molecule has 0 unspecified atom stereocenters. The zero-order valence-corrected chi connectivity index (χ0v) is 16.2. The van der Waals surface area contributed by atoms with Crippen molar-refractivity contribution in [3.8, 4) is 11.6 Å². The number of nitrogens with zero attached hydrogens (tertiary/aromatic N) is 4. The Kier molecular flexibility index (Phi) is 4.20. The Morgan fingerprint density at radius 2 is 2.14 bits per heavy atom. The molecule has 3 aromatic heterocycles. The second-order valence-electron chi connectivity index (χ2n) is 6.82. The molecule has 1 aliphatic heterocycles. The molecule has 8 heteroatoms. The van der Waals surface area contributed by atoms with Gasteiger partial charge in [-0.2, -0.15) is 0 Å². The fourth-order valence-corrected chi connectivity index (χ4v) is 4.47. The molecule has 142 valence electrons. The summed E-state index contributed by atoms with van der Waals surface area (Å²) in [6, 6.07) is 11.9. The summed E-state index contributed by atoms with van der Waals surface area (Å²) >= 11 is 1.40. The Balaban J connectivity index is 1.28. The van der Waals surface area contributed by atoms with Gasteiger partial charge in [0, 0.05) is 48.7 Å². The first-order valence-corrected chi connectivity index (χ1v) is 10.1. The number of fused-ring (bicyclic) bond motifs is 3. The minimum absolute atomic E-state index is 0.114. The Morgan fingerprint density at radius 3 is 3.00 bits per heavy atom. The van der Waals surface area contributed by atoms with E-state index >= 15 is 0 Å². The van der Waals surface area contributed by atoms with Gasteiger partial charge >= 0.3 is 0 Å². The predicted molar refractivity (Wildman–Crippen MR) is 107 cm³/mol. The molecule has 0 aliphatic carbocycles. The van der Waals surface area contributed by atoms with Crippen LogP contribution in [0.2, 0.25) is 0 Å². The number of H-pyrrole nitrogens is 1. The number of hydrogen-bond acceptors (Lipinski definition) is 5. The average Bonchev–Trinajstić information content (AvgIpc) is 3.44. The van der Waals surface area contributed by atoms with Crippen molar-refractivity contribution in [2.24, 2.45) is 7.05 Å². The van der Waals surface area contributed by atoms with Gasteiger partial charge in [-0.25, -0.2) is 0 Å². The van der Waals surface area contributed by atoms with Crippen LogP contribution in [0.1, 0.15) is 11.3 Å². The van der Waals surface area contributed by atoms with Gasteiger partial charge in [-0.3, -0.25) is 4.79 Å². The number of para-hydroxylation sites is 1. The molecule has 28 heavy (non-hydrogen) atoms. The van der Waals surface area contributed by atoms with Crippen LogP contribution in [0, 0.1) is 0 Å². The molecule has 4 aromatic rings. The van der Waals surface area contributed by atoms with E-state index in [2.05, 4.69) is 27.3 Å². The maximum atomic E-state index is 12.8. The van der Waals surface area contributed by atoms with Gasteiger partial charge in [-0.15, -0.1) is 10.2 Å².